The molecule has 5 nitrogen and oxygen atoms in total. The first-order valence-electron chi connectivity index (χ1n) is 4.85. The molecule has 0 saturated carbocycles. The van der Waals surface area contributed by atoms with E-state index in [0.29, 0.717) is 19.7 Å². The van der Waals surface area contributed by atoms with E-state index >= 15 is 0 Å². The summed E-state index contributed by atoms with van der Waals surface area (Å²) < 4.78 is 10.00. The van der Waals surface area contributed by atoms with Gasteiger partial charge in [-0.3, -0.25) is 4.79 Å². The Morgan fingerprint density at radius 3 is 2.20 bits per heavy atom. The van der Waals surface area contributed by atoms with Crippen molar-refractivity contribution in [1.29, 1.82) is 1.34 Å². The summed E-state index contributed by atoms with van der Waals surface area (Å²) in [4.78, 5) is 24.4. The van der Waals surface area contributed by atoms with Crippen LogP contribution in [0.2, 0.25) is 0 Å². The van der Waals surface area contributed by atoms with Crippen LogP contribution < -0.4 is 0 Å². The van der Waals surface area contributed by atoms with Crippen molar-refractivity contribution < 1.29 is 14.3 Å². The maximum Gasteiger partial charge on any atom is 0.409 e. The normalized spacial score (nSPS) is 9.20. The number of hydrogen-bond acceptors (Lipinski definition) is 3. The van der Waals surface area contributed by atoms with Crippen molar-refractivity contribution in [2.24, 2.45) is 0 Å². The van der Waals surface area contributed by atoms with E-state index in [1.165, 1.54) is 9.80 Å². The third-order valence-corrected chi connectivity index (χ3v) is 1.94. The summed E-state index contributed by atoms with van der Waals surface area (Å²) in [7, 11) is 6.92. The Balaban J connectivity index is 0. The van der Waals surface area contributed by atoms with Crippen LogP contribution in [0.4, 0.5) is 9.59 Å². The van der Waals surface area contributed by atoms with E-state index in [2.05, 4.69) is 8.38 Å². The van der Waals surface area contributed by atoms with Gasteiger partial charge in [-0.1, -0.05) is 0 Å². The predicted octanol–water partition coefficient (Wildman–Crippen LogP) is 0.717. The van der Waals surface area contributed by atoms with Crippen LogP contribution in [0.15, 0.2) is 0 Å². The number of halogens is 1. The predicted molar refractivity (Wildman–Crippen MR) is 60.7 cm³/mol. The van der Waals surface area contributed by atoms with Crippen LogP contribution >= 0.6 is 11.6 Å². The molecule has 0 aromatic rings. The van der Waals surface area contributed by atoms with Gasteiger partial charge in [0.15, 0.2) is 0 Å². The molecule has 2 radical (unpaired) electrons. The maximum absolute atomic E-state index is 11.1. The molecule has 0 spiro atoms. The fourth-order valence-corrected chi connectivity index (χ4v) is 0.797. The number of amides is 2. The molecule has 0 aromatic carbocycles. The van der Waals surface area contributed by atoms with Gasteiger partial charge in [0, 0.05) is 35.6 Å². The molecule has 0 aliphatic rings. The third-order valence-electron chi connectivity index (χ3n) is 1.65. The SMILES string of the molecule is CCOC(=O)N(C)CCN(C)C(=O)Cl.[2H][B]. The molecule has 0 aromatic heterocycles. The van der Waals surface area contributed by atoms with Gasteiger partial charge in [0.1, 0.15) is 0 Å². The number of carbonyl (C=O) groups excluding carboxylic acids is 2. The second kappa shape index (κ2) is 8.41. The number of ether oxygens (including phenoxy) is 1. The molecule has 0 aliphatic carbocycles. The van der Waals surface area contributed by atoms with E-state index in [0.717, 1.165) is 0 Å². The Kier molecular flexibility index (Phi) is 7.90. The topological polar surface area (TPSA) is 49.9 Å². The summed E-state index contributed by atoms with van der Waals surface area (Å²) in [5.74, 6) is 0. The summed E-state index contributed by atoms with van der Waals surface area (Å²) >= 11 is 5.20. The van der Waals surface area contributed by atoms with E-state index in [9.17, 15) is 9.59 Å². The zero-order valence-corrected chi connectivity index (χ0v) is 9.95. The molecule has 0 heterocycles. The minimum atomic E-state index is -0.540. The lowest BCUT2D eigenvalue weighted by atomic mass is 10.5. The number of likely N-dealkylation sites (N-methyl/N-ethyl adjacent to an activating group) is 2. The van der Waals surface area contributed by atoms with Crippen LogP contribution in [0.1, 0.15) is 6.92 Å². The van der Waals surface area contributed by atoms with Crippen molar-refractivity contribution in [2.75, 3.05) is 33.8 Å². The van der Waals surface area contributed by atoms with Gasteiger partial charge in [0.05, 0.1) is 6.61 Å². The van der Waals surface area contributed by atoms with E-state index in [1.807, 2.05) is 0 Å². The zero-order chi connectivity index (χ0) is 13.1. The molecule has 15 heavy (non-hydrogen) atoms. The Hall–Kier alpha value is -0.905. The van der Waals surface area contributed by atoms with Crippen LogP contribution in [-0.2, 0) is 4.74 Å². The summed E-state index contributed by atoms with van der Waals surface area (Å²) in [6.45, 7) is 2.86. The minimum Gasteiger partial charge on any atom is -0.450 e. The Labute approximate surface area is 98.2 Å². The average molecular weight is 235 g/mol. The molecular weight excluding hydrogens is 218 g/mol. The summed E-state index contributed by atoms with van der Waals surface area (Å²) in [6.07, 6.45) is -0.400. The van der Waals surface area contributed by atoms with Crippen molar-refractivity contribution >= 4 is 31.4 Å². The van der Waals surface area contributed by atoms with Gasteiger partial charge < -0.3 is 14.5 Å². The number of rotatable bonds is 4. The first kappa shape index (κ1) is 14.1. The lowest BCUT2D eigenvalue weighted by Gasteiger charge is -2.19. The Morgan fingerprint density at radius 2 is 1.80 bits per heavy atom. The Morgan fingerprint density at radius 1 is 1.33 bits per heavy atom. The van der Waals surface area contributed by atoms with E-state index < -0.39 is 11.5 Å². The molecule has 7 heteroatoms. The van der Waals surface area contributed by atoms with Gasteiger partial charge in [-0.05, 0) is 19.9 Å². The fraction of sp³-hybridized carbons (Fsp3) is 0.750. The van der Waals surface area contributed by atoms with Crippen molar-refractivity contribution in [3.05, 3.63) is 0 Å². The van der Waals surface area contributed by atoms with E-state index in [-0.39, 0.29) is 0 Å². The quantitative estimate of drug-likeness (QED) is 0.410. The highest BCUT2D eigenvalue weighted by atomic mass is 35.5. The van der Waals surface area contributed by atoms with E-state index in [1.54, 1.807) is 21.0 Å². The largest absolute Gasteiger partial charge is 0.450 e. The summed E-state index contributed by atoms with van der Waals surface area (Å²) in [6, 6.07) is 0. The van der Waals surface area contributed by atoms with Crippen LogP contribution in [0.5, 0.6) is 0 Å². The maximum atomic E-state index is 11.1. The van der Waals surface area contributed by atoms with Gasteiger partial charge in [-0.15, -0.1) is 0 Å². The summed E-state index contributed by atoms with van der Waals surface area (Å²) in [5, 5.41) is -0.540. The highest BCUT2D eigenvalue weighted by molar-refractivity contribution is 6.62. The molecule has 0 saturated heterocycles. The molecular formula is C8H16BClN2O3. The fourth-order valence-electron chi connectivity index (χ4n) is 0.713. The molecule has 0 fully saturated rings. The number of carbonyl (C=O) groups is 2. The smallest absolute Gasteiger partial charge is 0.409 e. The first-order chi connectivity index (χ1) is 7.49. The van der Waals surface area contributed by atoms with Crippen LogP contribution in [-0.4, -0.2) is 64.8 Å². The highest BCUT2D eigenvalue weighted by Gasteiger charge is 2.11. The molecule has 0 unspecified atom stereocenters. The lowest BCUT2D eigenvalue weighted by molar-refractivity contribution is 0.114. The molecule has 0 N–H and O–H groups in total. The average Bonchev–Trinajstić information content (AvgIpc) is 2.28. The molecule has 86 valence electrons. The molecule has 2 amide bonds. The molecule has 0 rings (SSSR count). The van der Waals surface area contributed by atoms with Gasteiger partial charge in [-0.2, -0.15) is 0 Å². The zero-order valence-electron chi connectivity index (χ0n) is 10.2. The summed E-state index contributed by atoms with van der Waals surface area (Å²) in [5.41, 5.74) is 0. The lowest BCUT2D eigenvalue weighted by Crippen LogP contribution is -2.35. The van der Waals surface area contributed by atoms with Crippen molar-refractivity contribution in [2.45, 2.75) is 6.92 Å². The van der Waals surface area contributed by atoms with Crippen molar-refractivity contribution in [3.63, 3.8) is 0 Å². The minimum absolute atomic E-state index is 0.341. The van der Waals surface area contributed by atoms with Gasteiger partial charge in [0.2, 0.25) is 0 Å². The first-order valence-corrected chi connectivity index (χ1v) is 4.65. The second-order valence-electron chi connectivity index (χ2n) is 2.79. The molecule has 0 atom stereocenters. The van der Waals surface area contributed by atoms with E-state index in [4.69, 9.17) is 17.7 Å². The second-order valence-corrected chi connectivity index (χ2v) is 3.12. The molecule has 0 bridgehead atoms. The van der Waals surface area contributed by atoms with Crippen molar-refractivity contribution in [1.82, 2.24) is 9.80 Å². The van der Waals surface area contributed by atoms with Gasteiger partial charge in [0.25, 0.3) is 0 Å². The van der Waals surface area contributed by atoms with Crippen LogP contribution in [0.3, 0.4) is 0 Å². The number of nitrogens with zero attached hydrogens (tertiary/aromatic N) is 2. The van der Waals surface area contributed by atoms with Crippen LogP contribution in [0, 0.1) is 0 Å². The van der Waals surface area contributed by atoms with Gasteiger partial charge in [-0.25, -0.2) is 4.79 Å². The van der Waals surface area contributed by atoms with Gasteiger partial charge >= 0.3 is 11.5 Å². The van der Waals surface area contributed by atoms with Crippen LogP contribution in [0.25, 0.3) is 0 Å². The third kappa shape index (κ3) is 7.07. The monoisotopic (exact) mass is 235 g/mol. The number of hydrogen-bond donors (Lipinski definition) is 0. The van der Waals surface area contributed by atoms with Crippen molar-refractivity contribution in [3.8, 4) is 0 Å². The Bertz CT molecular complexity index is 221. The molecule has 0 aliphatic heterocycles. The highest BCUT2D eigenvalue weighted by Crippen LogP contribution is 1.94. The standard InChI is InChI=1S/C8H15ClN2O3.BH/c1-4-14-8(13)11(3)6-5-10(2)7(9)12;/h4-6H2,1-3H3;1H/i;1D.